The first-order valence-corrected chi connectivity index (χ1v) is 9.09. The van der Waals surface area contributed by atoms with Crippen molar-refractivity contribution in [1.29, 1.82) is 0 Å². The largest absolute Gasteiger partial charge is 0.382 e. The third kappa shape index (κ3) is 7.96. The van der Waals surface area contributed by atoms with E-state index in [9.17, 15) is 13.2 Å². The lowest BCUT2D eigenvalue weighted by molar-refractivity contribution is 0.0692. The molecule has 0 aliphatic carbocycles. The van der Waals surface area contributed by atoms with Crippen molar-refractivity contribution in [2.24, 2.45) is 0 Å². The third-order valence-corrected chi connectivity index (χ3v) is 4.33. The van der Waals surface area contributed by atoms with Crippen molar-refractivity contribution in [2.45, 2.75) is 13.3 Å². The molecule has 0 bridgehead atoms. The Hall–Kier alpha value is -1.64. The van der Waals surface area contributed by atoms with Gasteiger partial charge in [0.2, 0.25) is 10.0 Å². The standard InChI is InChI=1S/C15H24N2O5S/c1-3-11-23(19,20)17-14-6-4-5-13(12-14)15(18)16-7-8-22-10-9-21-2/h4-6,12,17H,3,7-11H2,1-2H3,(H,16,18). The van der Waals surface area contributed by atoms with Crippen LogP contribution >= 0.6 is 0 Å². The van der Waals surface area contributed by atoms with Crippen molar-refractivity contribution < 1.29 is 22.7 Å². The maximum atomic E-state index is 12.0. The molecule has 1 amide bonds. The number of hydrogen-bond donors (Lipinski definition) is 2. The van der Waals surface area contributed by atoms with E-state index in [0.717, 1.165) is 0 Å². The second-order valence-corrected chi connectivity index (χ2v) is 6.70. The fourth-order valence-electron chi connectivity index (χ4n) is 1.81. The molecular weight excluding hydrogens is 320 g/mol. The number of benzene rings is 1. The lowest BCUT2D eigenvalue weighted by Gasteiger charge is -2.09. The molecule has 2 N–H and O–H groups in total. The molecule has 0 aromatic heterocycles. The summed E-state index contributed by atoms with van der Waals surface area (Å²) in [6.45, 7) is 3.53. The maximum Gasteiger partial charge on any atom is 0.251 e. The van der Waals surface area contributed by atoms with E-state index >= 15 is 0 Å². The predicted molar refractivity (Wildman–Crippen MR) is 89.2 cm³/mol. The van der Waals surface area contributed by atoms with Gasteiger partial charge in [-0.2, -0.15) is 0 Å². The maximum absolute atomic E-state index is 12.0. The molecule has 0 unspecified atom stereocenters. The van der Waals surface area contributed by atoms with E-state index in [2.05, 4.69) is 10.0 Å². The Balaban J connectivity index is 2.50. The first-order chi connectivity index (χ1) is 11.0. The van der Waals surface area contributed by atoms with Crippen LogP contribution in [0.1, 0.15) is 23.7 Å². The van der Waals surface area contributed by atoms with E-state index in [1.54, 1.807) is 32.2 Å². The Morgan fingerprint density at radius 3 is 2.70 bits per heavy atom. The molecule has 0 atom stereocenters. The van der Waals surface area contributed by atoms with Crippen LogP contribution in [-0.2, 0) is 19.5 Å². The number of carbonyl (C=O) groups is 1. The number of hydrogen-bond acceptors (Lipinski definition) is 5. The van der Waals surface area contributed by atoms with Gasteiger partial charge in [0.05, 0.1) is 25.6 Å². The number of carbonyl (C=O) groups excluding carboxylic acids is 1. The Morgan fingerprint density at radius 1 is 1.22 bits per heavy atom. The van der Waals surface area contributed by atoms with E-state index < -0.39 is 10.0 Å². The zero-order chi connectivity index (χ0) is 17.1. The first kappa shape index (κ1) is 19.4. The van der Waals surface area contributed by atoms with E-state index in [4.69, 9.17) is 9.47 Å². The van der Waals surface area contributed by atoms with Crippen molar-refractivity contribution in [3.8, 4) is 0 Å². The fraction of sp³-hybridized carbons (Fsp3) is 0.533. The van der Waals surface area contributed by atoms with Crippen molar-refractivity contribution >= 4 is 21.6 Å². The van der Waals surface area contributed by atoms with E-state index in [0.29, 0.717) is 44.0 Å². The molecule has 0 aliphatic rings. The van der Waals surface area contributed by atoms with Gasteiger partial charge in [-0.1, -0.05) is 13.0 Å². The molecular formula is C15H24N2O5S. The van der Waals surface area contributed by atoms with Gasteiger partial charge in [-0.15, -0.1) is 0 Å². The fourth-order valence-corrected chi connectivity index (χ4v) is 2.93. The van der Waals surface area contributed by atoms with Gasteiger partial charge in [0.1, 0.15) is 0 Å². The highest BCUT2D eigenvalue weighted by atomic mass is 32.2. The van der Waals surface area contributed by atoms with Gasteiger partial charge in [0, 0.05) is 24.9 Å². The minimum absolute atomic E-state index is 0.0439. The van der Waals surface area contributed by atoms with Crippen LogP contribution in [-0.4, -0.2) is 53.6 Å². The van der Waals surface area contributed by atoms with Crippen molar-refractivity contribution in [1.82, 2.24) is 5.32 Å². The Morgan fingerprint density at radius 2 is 2.00 bits per heavy atom. The summed E-state index contributed by atoms with van der Waals surface area (Å²) >= 11 is 0. The molecule has 0 fully saturated rings. The van der Waals surface area contributed by atoms with E-state index in [1.165, 1.54) is 6.07 Å². The van der Waals surface area contributed by atoms with Gasteiger partial charge in [-0.3, -0.25) is 9.52 Å². The summed E-state index contributed by atoms with van der Waals surface area (Å²) in [5, 5.41) is 2.71. The van der Waals surface area contributed by atoms with Gasteiger partial charge in [-0.25, -0.2) is 8.42 Å². The SMILES string of the molecule is CCCS(=O)(=O)Nc1cccc(C(=O)NCCOCCOC)c1. The number of rotatable bonds is 11. The van der Waals surface area contributed by atoms with Crippen LogP contribution in [0.25, 0.3) is 0 Å². The molecule has 0 spiro atoms. The van der Waals surface area contributed by atoms with Gasteiger partial charge in [-0.05, 0) is 24.6 Å². The summed E-state index contributed by atoms with van der Waals surface area (Å²) in [4.78, 5) is 12.0. The summed E-state index contributed by atoms with van der Waals surface area (Å²) in [5.41, 5.74) is 0.765. The molecule has 7 nitrogen and oxygen atoms in total. The lowest BCUT2D eigenvalue weighted by atomic mass is 10.2. The summed E-state index contributed by atoms with van der Waals surface area (Å²) in [5.74, 6) is -0.237. The number of anilines is 1. The second kappa shape index (κ2) is 10.2. The van der Waals surface area contributed by atoms with Gasteiger partial charge in [0.25, 0.3) is 5.91 Å². The molecule has 0 radical (unpaired) electrons. The summed E-state index contributed by atoms with van der Waals surface area (Å²) < 4.78 is 36.0. The third-order valence-electron chi connectivity index (χ3n) is 2.83. The molecule has 0 saturated heterocycles. The first-order valence-electron chi connectivity index (χ1n) is 7.44. The van der Waals surface area contributed by atoms with Crippen LogP contribution in [0.4, 0.5) is 5.69 Å². The summed E-state index contributed by atoms with van der Waals surface area (Å²) in [7, 11) is -1.78. The number of ether oxygens (including phenoxy) is 2. The average Bonchev–Trinajstić information content (AvgIpc) is 2.50. The normalized spacial score (nSPS) is 11.2. The van der Waals surface area contributed by atoms with Crippen LogP contribution in [0.5, 0.6) is 0 Å². The molecule has 1 aromatic rings. The molecule has 0 heterocycles. The van der Waals surface area contributed by atoms with Crippen LogP contribution in [0.2, 0.25) is 0 Å². The highest BCUT2D eigenvalue weighted by molar-refractivity contribution is 7.92. The molecule has 0 saturated carbocycles. The topological polar surface area (TPSA) is 93.7 Å². The van der Waals surface area contributed by atoms with Gasteiger partial charge < -0.3 is 14.8 Å². The molecule has 1 rings (SSSR count). The van der Waals surface area contributed by atoms with Crippen LogP contribution < -0.4 is 10.0 Å². The van der Waals surface area contributed by atoms with E-state index in [-0.39, 0.29) is 11.7 Å². The average molecular weight is 344 g/mol. The van der Waals surface area contributed by atoms with Crippen LogP contribution in [0, 0.1) is 0 Å². The Labute approximate surface area is 137 Å². The Bertz CT molecular complexity index is 589. The zero-order valence-corrected chi connectivity index (χ0v) is 14.3. The number of nitrogens with one attached hydrogen (secondary N) is 2. The number of sulfonamides is 1. The Kier molecular flexibility index (Phi) is 8.60. The molecule has 1 aromatic carbocycles. The smallest absolute Gasteiger partial charge is 0.251 e. The predicted octanol–water partition coefficient (Wildman–Crippen LogP) is 1.23. The van der Waals surface area contributed by atoms with Crippen LogP contribution in [0.3, 0.4) is 0 Å². The van der Waals surface area contributed by atoms with E-state index in [1.807, 2.05) is 0 Å². The highest BCUT2D eigenvalue weighted by Gasteiger charge is 2.11. The minimum Gasteiger partial charge on any atom is -0.382 e. The molecule has 23 heavy (non-hydrogen) atoms. The summed E-state index contributed by atoms with van der Waals surface area (Å²) in [6.07, 6.45) is 0.526. The number of amides is 1. The molecule has 8 heteroatoms. The van der Waals surface area contributed by atoms with Gasteiger partial charge in [0.15, 0.2) is 0 Å². The highest BCUT2D eigenvalue weighted by Crippen LogP contribution is 2.13. The summed E-state index contributed by atoms with van der Waals surface area (Å²) in [6, 6.07) is 6.37. The molecule has 130 valence electrons. The van der Waals surface area contributed by atoms with Crippen molar-refractivity contribution in [3.63, 3.8) is 0 Å². The van der Waals surface area contributed by atoms with Gasteiger partial charge >= 0.3 is 0 Å². The lowest BCUT2D eigenvalue weighted by Crippen LogP contribution is -2.27. The monoisotopic (exact) mass is 344 g/mol. The number of methoxy groups -OCH3 is 1. The second-order valence-electron chi connectivity index (χ2n) is 4.86. The van der Waals surface area contributed by atoms with Crippen molar-refractivity contribution in [2.75, 3.05) is 44.0 Å². The van der Waals surface area contributed by atoms with Crippen LogP contribution in [0.15, 0.2) is 24.3 Å². The minimum atomic E-state index is -3.37. The zero-order valence-electron chi connectivity index (χ0n) is 13.5. The van der Waals surface area contributed by atoms with Crippen molar-refractivity contribution in [3.05, 3.63) is 29.8 Å². The quantitative estimate of drug-likeness (QED) is 0.589. The molecule has 0 aliphatic heterocycles.